The van der Waals surface area contributed by atoms with Crippen molar-refractivity contribution in [2.75, 3.05) is 13.6 Å². The second kappa shape index (κ2) is 7.75. The van der Waals surface area contributed by atoms with Crippen LogP contribution in [0.15, 0.2) is 36.4 Å². The van der Waals surface area contributed by atoms with Crippen molar-refractivity contribution < 1.29 is 13.6 Å². The molecular formula is C22H25F2N5O. The molecule has 0 bridgehead atoms. The van der Waals surface area contributed by atoms with Gasteiger partial charge in [0.15, 0.2) is 0 Å². The first-order valence-corrected chi connectivity index (χ1v) is 10.0. The van der Waals surface area contributed by atoms with Gasteiger partial charge in [-0.25, -0.2) is 4.98 Å². The van der Waals surface area contributed by atoms with Gasteiger partial charge in [-0.2, -0.15) is 8.78 Å². The van der Waals surface area contributed by atoms with Gasteiger partial charge in [0.1, 0.15) is 11.5 Å². The molecule has 8 heteroatoms. The lowest BCUT2D eigenvalue weighted by atomic mass is 9.96. The molecule has 1 amide bonds. The van der Waals surface area contributed by atoms with Gasteiger partial charge >= 0.3 is 0 Å². The molecule has 1 fully saturated rings. The van der Waals surface area contributed by atoms with E-state index in [2.05, 4.69) is 20.2 Å². The van der Waals surface area contributed by atoms with Crippen LogP contribution in [-0.4, -0.2) is 45.4 Å². The highest BCUT2D eigenvalue weighted by Gasteiger charge is 2.31. The van der Waals surface area contributed by atoms with Crippen molar-refractivity contribution in [3.8, 4) is 0 Å². The summed E-state index contributed by atoms with van der Waals surface area (Å²) in [5.74, 6) is -2.44. The Bertz CT molecular complexity index is 1040. The van der Waals surface area contributed by atoms with E-state index in [0.29, 0.717) is 17.7 Å². The van der Waals surface area contributed by atoms with Crippen molar-refractivity contribution in [1.29, 1.82) is 0 Å². The maximum absolute atomic E-state index is 13.5. The fraction of sp³-hybridized carbons (Fsp3) is 0.409. The Labute approximate surface area is 173 Å². The molecule has 0 radical (unpaired) electrons. The van der Waals surface area contributed by atoms with Crippen molar-refractivity contribution in [2.24, 2.45) is 0 Å². The van der Waals surface area contributed by atoms with Gasteiger partial charge in [0, 0.05) is 19.5 Å². The molecule has 0 saturated carbocycles. The summed E-state index contributed by atoms with van der Waals surface area (Å²) in [6.07, 6.45) is 1.51. The highest BCUT2D eigenvalue weighted by molar-refractivity contribution is 5.95. The molecule has 0 spiro atoms. The molecule has 1 aromatic carbocycles. The van der Waals surface area contributed by atoms with Gasteiger partial charge in [-0.05, 0) is 51.1 Å². The first kappa shape index (κ1) is 20.4. The van der Waals surface area contributed by atoms with Gasteiger partial charge in [-0.3, -0.25) is 14.7 Å². The molecule has 30 heavy (non-hydrogen) atoms. The Balaban J connectivity index is 1.49. The van der Waals surface area contributed by atoms with Crippen molar-refractivity contribution in [2.45, 2.75) is 44.7 Å². The average Bonchev–Trinajstić information content (AvgIpc) is 3.12. The second-order valence-electron chi connectivity index (χ2n) is 8.05. The summed E-state index contributed by atoms with van der Waals surface area (Å²) in [5.41, 5.74) is 2.19. The summed E-state index contributed by atoms with van der Waals surface area (Å²) in [6.45, 7) is 3.19. The maximum atomic E-state index is 13.5. The summed E-state index contributed by atoms with van der Waals surface area (Å²) >= 11 is 0. The number of piperidine rings is 1. The molecule has 1 aliphatic heterocycles. The molecule has 4 rings (SSSR count). The summed E-state index contributed by atoms with van der Waals surface area (Å²) < 4.78 is 27.0. The molecule has 1 saturated heterocycles. The molecule has 1 aliphatic rings. The Hall–Kier alpha value is -2.87. The lowest BCUT2D eigenvalue weighted by Crippen LogP contribution is -2.45. The number of aryl methyl sites for hydroxylation is 1. The number of nitrogens with one attached hydrogen (secondary N) is 2. The number of aromatic amines is 1. The van der Waals surface area contributed by atoms with Crippen LogP contribution in [-0.2, 0) is 5.92 Å². The molecular weight excluding hydrogens is 388 g/mol. The quantitative estimate of drug-likeness (QED) is 0.679. The average molecular weight is 413 g/mol. The predicted molar refractivity (Wildman–Crippen MR) is 110 cm³/mol. The van der Waals surface area contributed by atoms with Crippen LogP contribution in [0, 0.1) is 6.92 Å². The zero-order valence-corrected chi connectivity index (χ0v) is 17.2. The van der Waals surface area contributed by atoms with E-state index in [9.17, 15) is 13.6 Å². The summed E-state index contributed by atoms with van der Waals surface area (Å²) in [4.78, 5) is 27.0. The lowest BCUT2D eigenvalue weighted by Gasteiger charge is -2.36. The van der Waals surface area contributed by atoms with E-state index in [-0.39, 0.29) is 23.7 Å². The number of para-hydroxylation sites is 2. The number of nitrogens with zero attached hydrogens (tertiary/aromatic N) is 3. The zero-order valence-electron chi connectivity index (χ0n) is 17.2. The predicted octanol–water partition coefficient (Wildman–Crippen LogP) is 3.94. The van der Waals surface area contributed by atoms with E-state index in [1.807, 2.05) is 31.3 Å². The molecule has 1 unspecified atom stereocenters. The number of carbonyl (C=O) groups excluding carboxylic acids is 1. The number of imidazole rings is 1. The number of pyridine rings is 1. The molecule has 3 aromatic rings. The van der Waals surface area contributed by atoms with Crippen molar-refractivity contribution in [1.82, 2.24) is 25.2 Å². The molecule has 0 aliphatic carbocycles. The fourth-order valence-corrected chi connectivity index (χ4v) is 3.97. The number of H-pyrrole nitrogens is 1. The van der Waals surface area contributed by atoms with Crippen molar-refractivity contribution in [3.05, 3.63) is 59.2 Å². The number of alkyl halides is 2. The Morgan fingerprint density at radius 2 is 2.00 bits per heavy atom. The second-order valence-corrected chi connectivity index (χ2v) is 8.05. The highest BCUT2D eigenvalue weighted by atomic mass is 19.3. The van der Waals surface area contributed by atoms with Crippen LogP contribution in [0.1, 0.15) is 53.4 Å². The molecule has 158 valence electrons. The standard InChI is InChI=1S/C22H25F2N5O/c1-13-15(8-9-19(25-13)22(2,23)24)21(30)26-14-10-11-29(3)18(12-14)20-27-16-6-4-5-7-17(16)28-20/h4-9,14,18H,10-12H2,1-3H3,(H,26,30)(H,27,28)/t14?,18-/m1/s1. The Morgan fingerprint density at radius 3 is 2.70 bits per heavy atom. The van der Waals surface area contributed by atoms with Crippen LogP contribution in [0.4, 0.5) is 8.78 Å². The van der Waals surface area contributed by atoms with Crippen molar-refractivity contribution >= 4 is 16.9 Å². The van der Waals surface area contributed by atoms with Gasteiger partial charge < -0.3 is 10.3 Å². The fourth-order valence-electron chi connectivity index (χ4n) is 3.97. The van der Waals surface area contributed by atoms with E-state index in [4.69, 9.17) is 4.98 Å². The number of hydrogen-bond acceptors (Lipinski definition) is 4. The van der Waals surface area contributed by atoms with E-state index in [1.54, 1.807) is 6.92 Å². The minimum Gasteiger partial charge on any atom is -0.349 e. The zero-order chi connectivity index (χ0) is 21.5. The Morgan fingerprint density at radius 1 is 1.23 bits per heavy atom. The maximum Gasteiger partial charge on any atom is 0.286 e. The summed E-state index contributed by atoms with van der Waals surface area (Å²) in [6, 6.07) is 10.5. The number of likely N-dealkylation sites (tertiary alicyclic amines) is 1. The first-order valence-electron chi connectivity index (χ1n) is 10.0. The van der Waals surface area contributed by atoms with Crippen LogP contribution in [0.3, 0.4) is 0 Å². The monoisotopic (exact) mass is 413 g/mol. The van der Waals surface area contributed by atoms with Crippen LogP contribution < -0.4 is 5.32 Å². The number of halogens is 2. The largest absolute Gasteiger partial charge is 0.349 e. The van der Waals surface area contributed by atoms with Crippen LogP contribution in [0.2, 0.25) is 0 Å². The number of amides is 1. The number of benzene rings is 1. The third-order valence-electron chi connectivity index (χ3n) is 5.71. The smallest absolute Gasteiger partial charge is 0.286 e. The van der Waals surface area contributed by atoms with Gasteiger partial charge in [0.05, 0.1) is 28.3 Å². The SMILES string of the molecule is Cc1nc(C(C)(F)F)ccc1C(=O)NC1CCN(C)[C@@H](c2nc3ccccc3[nH]2)C1. The van der Waals surface area contributed by atoms with Crippen LogP contribution in [0.25, 0.3) is 11.0 Å². The van der Waals surface area contributed by atoms with E-state index < -0.39 is 5.92 Å². The van der Waals surface area contributed by atoms with E-state index in [1.165, 1.54) is 12.1 Å². The number of rotatable bonds is 4. The first-order chi connectivity index (χ1) is 14.2. The molecule has 3 heterocycles. The number of fused-ring (bicyclic) bond motifs is 1. The van der Waals surface area contributed by atoms with Crippen molar-refractivity contribution in [3.63, 3.8) is 0 Å². The number of hydrogen-bond donors (Lipinski definition) is 2. The number of aromatic nitrogens is 3. The summed E-state index contributed by atoms with van der Waals surface area (Å²) in [7, 11) is 2.05. The number of carbonyl (C=O) groups is 1. The van der Waals surface area contributed by atoms with E-state index >= 15 is 0 Å². The molecule has 2 aromatic heterocycles. The van der Waals surface area contributed by atoms with Crippen LogP contribution >= 0.6 is 0 Å². The third-order valence-corrected chi connectivity index (χ3v) is 5.71. The van der Waals surface area contributed by atoms with Gasteiger partial charge in [0.25, 0.3) is 11.8 Å². The highest BCUT2D eigenvalue weighted by Crippen LogP contribution is 2.30. The third kappa shape index (κ3) is 4.05. The minimum absolute atomic E-state index is 0.0430. The van der Waals surface area contributed by atoms with Crippen LogP contribution in [0.5, 0.6) is 0 Å². The van der Waals surface area contributed by atoms with Gasteiger partial charge in [0.2, 0.25) is 0 Å². The molecule has 2 atom stereocenters. The lowest BCUT2D eigenvalue weighted by molar-refractivity contribution is 0.0125. The van der Waals surface area contributed by atoms with Gasteiger partial charge in [-0.15, -0.1) is 0 Å². The molecule has 2 N–H and O–H groups in total. The minimum atomic E-state index is -3.03. The Kier molecular flexibility index (Phi) is 5.27. The topological polar surface area (TPSA) is 73.9 Å². The normalized spacial score (nSPS) is 20.4. The summed E-state index contributed by atoms with van der Waals surface area (Å²) in [5, 5.41) is 3.05. The molecule has 6 nitrogen and oxygen atoms in total. The van der Waals surface area contributed by atoms with Gasteiger partial charge in [-0.1, -0.05) is 12.1 Å². The van der Waals surface area contributed by atoms with E-state index in [0.717, 1.165) is 36.7 Å².